The molecule has 0 spiro atoms. The molecule has 0 aliphatic rings. The molecule has 0 fully saturated rings. The molecule has 2 unspecified atom stereocenters. The fraction of sp³-hybridized carbons (Fsp3) is 1.00. The molecule has 0 aliphatic carbocycles. The summed E-state index contributed by atoms with van der Waals surface area (Å²) in [6.45, 7) is 2.38. The normalized spacial score (nSPS) is 14.3. The third kappa shape index (κ3) is 11.6. The summed E-state index contributed by atoms with van der Waals surface area (Å²) >= 11 is 0. The fourth-order valence-electron chi connectivity index (χ4n) is 1.72. The minimum absolute atomic E-state index is 0.250. The van der Waals surface area contributed by atoms with Crippen LogP contribution in [0.2, 0.25) is 0 Å². The molecule has 2 N–H and O–H groups in total. The second-order valence-electron chi connectivity index (χ2n) is 4.43. The number of rotatable bonds is 12. The minimum atomic E-state index is -0.425. The van der Waals surface area contributed by atoms with Gasteiger partial charge in [0.2, 0.25) is 0 Å². The van der Waals surface area contributed by atoms with Gasteiger partial charge in [-0.05, 0) is 32.1 Å². The van der Waals surface area contributed by atoms with Crippen molar-refractivity contribution in [2.45, 2.75) is 70.5 Å². The monoisotopic (exact) mass is 247 g/mol. The lowest BCUT2D eigenvalue weighted by Gasteiger charge is -2.13. The largest absolute Gasteiger partial charge is 0.393 e. The predicted octanol–water partition coefficient (Wildman–Crippen LogP) is 2.55. The highest BCUT2D eigenvalue weighted by Crippen LogP contribution is 2.12. The van der Waals surface area contributed by atoms with E-state index in [9.17, 15) is 15.1 Å². The molecular weight excluding hydrogens is 222 g/mol. The molecule has 0 radical (unpaired) electrons. The summed E-state index contributed by atoms with van der Waals surface area (Å²) in [5.41, 5.74) is 0. The van der Waals surface area contributed by atoms with Gasteiger partial charge in [0, 0.05) is 0 Å². The van der Waals surface area contributed by atoms with E-state index in [1.807, 2.05) is 0 Å². The van der Waals surface area contributed by atoms with E-state index in [0.717, 1.165) is 25.7 Å². The van der Waals surface area contributed by atoms with E-state index < -0.39 is 6.10 Å². The van der Waals surface area contributed by atoms with E-state index in [0.29, 0.717) is 25.7 Å². The van der Waals surface area contributed by atoms with E-state index in [1.165, 1.54) is 0 Å². The van der Waals surface area contributed by atoms with E-state index in [4.69, 9.17) is 0 Å². The average Bonchev–Trinajstić information content (AvgIpc) is 2.32. The standard InChI is InChI=1S/C12H25NO4/c1-2-3-4-6-11(14)8-9-12(15)7-5-10-17-13-16/h11-12,14-15H,2-10H2,1H3. The summed E-state index contributed by atoms with van der Waals surface area (Å²) in [6, 6.07) is 0. The lowest BCUT2D eigenvalue weighted by molar-refractivity contribution is 0.0862. The summed E-state index contributed by atoms with van der Waals surface area (Å²) in [5, 5.41) is 21.5. The molecule has 2 atom stereocenters. The highest BCUT2D eigenvalue weighted by atomic mass is 16.7. The quantitative estimate of drug-likeness (QED) is 0.315. The van der Waals surface area contributed by atoms with Gasteiger partial charge < -0.3 is 15.1 Å². The topological polar surface area (TPSA) is 79.1 Å². The van der Waals surface area contributed by atoms with E-state index >= 15 is 0 Å². The van der Waals surface area contributed by atoms with Crippen LogP contribution >= 0.6 is 0 Å². The van der Waals surface area contributed by atoms with Gasteiger partial charge in [-0.3, -0.25) is 0 Å². The SMILES string of the molecule is CCCCCC(O)CCC(O)CCCON=O. The molecule has 0 rings (SSSR count). The van der Waals surface area contributed by atoms with Crippen LogP contribution < -0.4 is 0 Å². The zero-order chi connectivity index (χ0) is 12.9. The zero-order valence-electron chi connectivity index (χ0n) is 10.7. The molecule has 0 bridgehead atoms. The number of unbranched alkanes of at least 4 members (excludes halogenated alkanes) is 2. The van der Waals surface area contributed by atoms with Gasteiger partial charge in [-0.15, -0.1) is 4.91 Å². The molecule has 5 nitrogen and oxygen atoms in total. The molecular formula is C12H25NO4. The summed E-state index contributed by atoms with van der Waals surface area (Å²) in [6.07, 6.45) is 5.87. The second-order valence-corrected chi connectivity index (χ2v) is 4.43. The number of hydrogen-bond acceptors (Lipinski definition) is 5. The Morgan fingerprint density at radius 1 is 1.00 bits per heavy atom. The first kappa shape index (κ1) is 16.3. The average molecular weight is 247 g/mol. The molecule has 0 aliphatic heterocycles. The number of nitrogens with zero attached hydrogens (tertiary/aromatic N) is 1. The van der Waals surface area contributed by atoms with Crippen LogP contribution in [-0.4, -0.2) is 29.0 Å². The molecule has 5 heteroatoms. The van der Waals surface area contributed by atoms with E-state index in [1.54, 1.807) is 0 Å². The van der Waals surface area contributed by atoms with Gasteiger partial charge in [-0.25, -0.2) is 0 Å². The second kappa shape index (κ2) is 11.8. The zero-order valence-corrected chi connectivity index (χ0v) is 10.7. The third-order valence-corrected chi connectivity index (χ3v) is 2.80. The summed E-state index contributed by atoms with van der Waals surface area (Å²) in [4.78, 5) is 13.9. The first-order chi connectivity index (χ1) is 8.20. The Balaban J connectivity index is 3.35. The van der Waals surface area contributed by atoms with Crippen LogP contribution in [0.15, 0.2) is 5.34 Å². The van der Waals surface area contributed by atoms with Gasteiger partial charge in [-0.2, -0.15) is 0 Å². The van der Waals surface area contributed by atoms with Crippen molar-refractivity contribution in [1.29, 1.82) is 0 Å². The number of aliphatic hydroxyl groups is 2. The van der Waals surface area contributed by atoms with Gasteiger partial charge in [-0.1, -0.05) is 26.2 Å². The van der Waals surface area contributed by atoms with Gasteiger partial charge in [0.25, 0.3) is 0 Å². The van der Waals surface area contributed by atoms with Crippen LogP contribution in [0, 0.1) is 4.91 Å². The fourth-order valence-corrected chi connectivity index (χ4v) is 1.72. The van der Waals surface area contributed by atoms with Crippen LogP contribution in [0.25, 0.3) is 0 Å². The molecule has 0 heterocycles. The van der Waals surface area contributed by atoms with Crippen LogP contribution in [0.5, 0.6) is 0 Å². The van der Waals surface area contributed by atoms with Gasteiger partial charge >= 0.3 is 0 Å². The van der Waals surface area contributed by atoms with Crippen molar-refractivity contribution >= 4 is 0 Å². The molecule has 0 amide bonds. The molecule has 0 aromatic heterocycles. The molecule has 0 aromatic rings. The first-order valence-electron chi connectivity index (χ1n) is 6.51. The maximum absolute atomic E-state index is 9.64. The maximum atomic E-state index is 9.64. The first-order valence-corrected chi connectivity index (χ1v) is 6.51. The highest BCUT2D eigenvalue weighted by molar-refractivity contribution is 4.62. The Bertz CT molecular complexity index is 178. The summed E-state index contributed by atoms with van der Waals surface area (Å²) in [7, 11) is 0. The van der Waals surface area contributed by atoms with Crippen molar-refractivity contribution in [1.82, 2.24) is 0 Å². The lowest BCUT2D eigenvalue weighted by atomic mass is 10.0. The van der Waals surface area contributed by atoms with Gasteiger partial charge in [0.05, 0.1) is 12.2 Å². The van der Waals surface area contributed by atoms with Crippen LogP contribution in [-0.2, 0) is 4.84 Å². The van der Waals surface area contributed by atoms with Crippen molar-refractivity contribution in [3.8, 4) is 0 Å². The van der Waals surface area contributed by atoms with Crippen LogP contribution in [0.3, 0.4) is 0 Å². The molecule has 17 heavy (non-hydrogen) atoms. The van der Waals surface area contributed by atoms with E-state index in [2.05, 4.69) is 17.1 Å². The van der Waals surface area contributed by atoms with Gasteiger partial charge in [0.1, 0.15) is 6.61 Å². The molecule has 0 saturated carbocycles. The Hall–Kier alpha value is -0.680. The van der Waals surface area contributed by atoms with Crippen molar-refractivity contribution in [2.75, 3.05) is 6.61 Å². The van der Waals surface area contributed by atoms with Gasteiger partial charge in [0.15, 0.2) is 5.34 Å². The predicted molar refractivity (Wildman–Crippen MR) is 66.4 cm³/mol. The Kier molecular flexibility index (Phi) is 11.3. The lowest BCUT2D eigenvalue weighted by Crippen LogP contribution is -2.13. The Labute approximate surface area is 103 Å². The van der Waals surface area contributed by atoms with Crippen LogP contribution in [0.4, 0.5) is 0 Å². The smallest absolute Gasteiger partial charge is 0.155 e. The van der Waals surface area contributed by atoms with Crippen molar-refractivity contribution in [3.63, 3.8) is 0 Å². The molecule has 102 valence electrons. The molecule has 0 aromatic carbocycles. The number of hydrogen-bond donors (Lipinski definition) is 2. The van der Waals surface area contributed by atoms with Crippen LogP contribution in [0.1, 0.15) is 58.3 Å². The van der Waals surface area contributed by atoms with Crippen molar-refractivity contribution in [2.24, 2.45) is 5.34 Å². The minimum Gasteiger partial charge on any atom is -0.393 e. The Morgan fingerprint density at radius 2 is 1.59 bits per heavy atom. The number of aliphatic hydroxyl groups excluding tert-OH is 2. The maximum Gasteiger partial charge on any atom is 0.155 e. The Morgan fingerprint density at radius 3 is 2.12 bits per heavy atom. The van der Waals surface area contributed by atoms with Crippen molar-refractivity contribution < 1.29 is 15.1 Å². The summed E-state index contributed by atoms with van der Waals surface area (Å²) in [5.74, 6) is 0. The van der Waals surface area contributed by atoms with E-state index in [-0.39, 0.29) is 12.7 Å². The summed E-state index contributed by atoms with van der Waals surface area (Å²) < 4.78 is 0. The highest BCUT2D eigenvalue weighted by Gasteiger charge is 2.09. The van der Waals surface area contributed by atoms with Crippen molar-refractivity contribution in [3.05, 3.63) is 4.91 Å². The molecule has 0 saturated heterocycles. The third-order valence-electron chi connectivity index (χ3n) is 2.80.